The van der Waals surface area contributed by atoms with Crippen LogP contribution in [0, 0.1) is 5.41 Å². The molecule has 116 valence electrons. The third-order valence-electron chi connectivity index (χ3n) is 2.88. The molecule has 1 fully saturated rings. The zero-order chi connectivity index (χ0) is 15.6. The number of halogens is 3. The zero-order valence-corrected chi connectivity index (χ0v) is 12.0. The molecule has 1 unspecified atom stereocenters. The number of alkyl halides is 3. The number of carbonyl (C=O) groups is 2. The van der Waals surface area contributed by atoms with Crippen molar-refractivity contribution in [1.82, 2.24) is 10.2 Å². The van der Waals surface area contributed by atoms with E-state index in [4.69, 9.17) is 0 Å². The molecule has 1 heterocycles. The fourth-order valence-corrected chi connectivity index (χ4v) is 2.15. The molecule has 0 saturated carbocycles. The Bertz CT molecular complexity index is 375. The van der Waals surface area contributed by atoms with Gasteiger partial charge in [0.15, 0.2) is 0 Å². The monoisotopic (exact) mass is 294 g/mol. The van der Waals surface area contributed by atoms with Gasteiger partial charge in [-0.25, -0.2) is 0 Å². The van der Waals surface area contributed by atoms with Crippen molar-refractivity contribution in [3.63, 3.8) is 0 Å². The quantitative estimate of drug-likeness (QED) is 0.863. The van der Waals surface area contributed by atoms with Crippen molar-refractivity contribution in [3.05, 3.63) is 0 Å². The van der Waals surface area contributed by atoms with E-state index in [2.05, 4.69) is 5.32 Å². The summed E-state index contributed by atoms with van der Waals surface area (Å²) in [7, 11) is 0. The maximum Gasteiger partial charge on any atom is 0.389 e. The first-order valence-electron chi connectivity index (χ1n) is 6.60. The van der Waals surface area contributed by atoms with E-state index in [1.54, 1.807) is 4.90 Å². The first kappa shape index (κ1) is 16.8. The predicted molar refractivity (Wildman–Crippen MR) is 67.9 cm³/mol. The summed E-state index contributed by atoms with van der Waals surface area (Å²) in [6.45, 7) is 6.93. The van der Waals surface area contributed by atoms with Crippen LogP contribution in [0.2, 0.25) is 0 Å². The van der Waals surface area contributed by atoms with Gasteiger partial charge in [0.2, 0.25) is 11.8 Å². The molecule has 1 saturated heterocycles. The van der Waals surface area contributed by atoms with Crippen molar-refractivity contribution >= 4 is 11.8 Å². The smallest absolute Gasteiger partial charge is 0.351 e. The Morgan fingerprint density at radius 1 is 1.35 bits per heavy atom. The number of hydrogen-bond donors (Lipinski definition) is 1. The molecule has 0 aromatic carbocycles. The van der Waals surface area contributed by atoms with Gasteiger partial charge in [0.05, 0.1) is 12.5 Å². The van der Waals surface area contributed by atoms with Crippen molar-refractivity contribution in [2.24, 2.45) is 5.41 Å². The van der Waals surface area contributed by atoms with Crippen LogP contribution in [0.4, 0.5) is 13.2 Å². The minimum atomic E-state index is -4.33. The van der Waals surface area contributed by atoms with E-state index in [-0.39, 0.29) is 23.8 Å². The second-order valence-electron chi connectivity index (χ2n) is 6.42. The summed E-state index contributed by atoms with van der Waals surface area (Å²) >= 11 is 0. The lowest BCUT2D eigenvalue weighted by atomic mass is 9.96. The SMILES string of the molecule is CC(C)(C)CN1CC(NC(=O)CCC(F)(F)F)CC1=O. The van der Waals surface area contributed by atoms with E-state index in [0.29, 0.717) is 13.1 Å². The third-order valence-corrected chi connectivity index (χ3v) is 2.88. The zero-order valence-electron chi connectivity index (χ0n) is 12.0. The van der Waals surface area contributed by atoms with Gasteiger partial charge in [0.25, 0.3) is 0 Å². The summed E-state index contributed by atoms with van der Waals surface area (Å²) in [6, 6.07) is -0.384. The van der Waals surface area contributed by atoms with Gasteiger partial charge in [-0.3, -0.25) is 9.59 Å². The number of amides is 2. The fourth-order valence-electron chi connectivity index (χ4n) is 2.15. The summed E-state index contributed by atoms with van der Waals surface area (Å²) < 4.78 is 36.0. The topological polar surface area (TPSA) is 49.4 Å². The normalized spacial score (nSPS) is 20.4. The lowest BCUT2D eigenvalue weighted by Crippen LogP contribution is -2.39. The first-order valence-corrected chi connectivity index (χ1v) is 6.60. The highest BCUT2D eigenvalue weighted by atomic mass is 19.4. The Morgan fingerprint density at radius 3 is 2.45 bits per heavy atom. The first-order chi connectivity index (χ1) is 8.96. The van der Waals surface area contributed by atoms with Gasteiger partial charge in [-0.1, -0.05) is 20.8 Å². The van der Waals surface area contributed by atoms with E-state index in [0.717, 1.165) is 0 Å². The van der Waals surface area contributed by atoms with Crippen LogP contribution in [0.15, 0.2) is 0 Å². The molecule has 2 amide bonds. The molecule has 0 radical (unpaired) electrons. The van der Waals surface area contributed by atoms with Crippen LogP contribution < -0.4 is 5.32 Å². The van der Waals surface area contributed by atoms with Gasteiger partial charge in [0.1, 0.15) is 0 Å². The predicted octanol–water partition coefficient (Wildman–Crippen LogP) is 2.09. The molecular weight excluding hydrogens is 273 g/mol. The van der Waals surface area contributed by atoms with Crippen LogP contribution in [0.5, 0.6) is 0 Å². The molecule has 0 aromatic heterocycles. The molecule has 1 atom stereocenters. The summed E-state index contributed by atoms with van der Waals surface area (Å²) in [4.78, 5) is 24.8. The number of nitrogens with one attached hydrogen (secondary N) is 1. The minimum Gasteiger partial charge on any atom is -0.351 e. The molecule has 0 spiro atoms. The van der Waals surface area contributed by atoms with Gasteiger partial charge in [-0.05, 0) is 5.41 Å². The minimum absolute atomic E-state index is 0.0508. The standard InChI is InChI=1S/C13H21F3N2O2/c1-12(2,3)8-18-7-9(6-11(18)20)17-10(19)4-5-13(14,15)16/h9H,4-8H2,1-3H3,(H,17,19). The van der Waals surface area contributed by atoms with Gasteiger partial charge in [-0.2, -0.15) is 13.2 Å². The van der Waals surface area contributed by atoms with Crippen LogP contribution >= 0.6 is 0 Å². The molecule has 4 nitrogen and oxygen atoms in total. The van der Waals surface area contributed by atoms with Gasteiger partial charge < -0.3 is 10.2 Å². The lowest BCUT2D eigenvalue weighted by molar-refractivity contribution is -0.144. The molecule has 20 heavy (non-hydrogen) atoms. The third kappa shape index (κ3) is 6.25. The van der Waals surface area contributed by atoms with Crippen LogP contribution in [0.1, 0.15) is 40.0 Å². The summed E-state index contributed by atoms with van der Waals surface area (Å²) in [5.74, 6) is -0.723. The fraction of sp³-hybridized carbons (Fsp3) is 0.846. The van der Waals surface area contributed by atoms with Gasteiger partial charge in [0, 0.05) is 25.9 Å². The van der Waals surface area contributed by atoms with Crippen LogP contribution in [-0.2, 0) is 9.59 Å². The molecule has 0 bridgehead atoms. The molecule has 0 aromatic rings. The largest absolute Gasteiger partial charge is 0.389 e. The highest BCUT2D eigenvalue weighted by Gasteiger charge is 2.33. The Kier molecular flexibility index (Phi) is 5.05. The van der Waals surface area contributed by atoms with Gasteiger partial charge >= 0.3 is 6.18 Å². The highest BCUT2D eigenvalue weighted by molar-refractivity contribution is 5.82. The van der Waals surface area contributed by atoms with Crippen molar-refractivity contribution in [2.45, 2.75) is 52.3 Å². The summed E-state index contributed by atoms with van der Waals surface area (Å²) in [5, 5.41) is 2.50. The van der Waals surface area contributed by atoms with E-state index < -0.39 is 24.9 Å². The highest BCUT2D eigenvalue weighted by Crippen LogP contribution is 2.22. The van der Waals surface area contributed by atoms with E-state index in [1.807, 2.05) is 20.8 Å². The summed E-state index contributed by atoms with van der Waals surface area (Å²) in [6.07, 6.45) is -5.90. The average molecular weight is 294 g/mol. The number of rotatable bonds is 4. The molecule has 1 aliphatic heterocycles. The molecule has 1 aliphatic rings. The lowest BCUT2D eigenvalue weighted by Gasteiger charge is -2.26. The Morgan fingerprint density at radius 2 is 1.95 bits per heavy atom. The molecule has 7 heteroatoms. The molecule has 1 N–H and O–H groups in total. The molecular formula is C13H21F3N2O2. The second kappa shape index (κ2) is 6.01. The van der Waals surface area contributed by atoms with Crippen molar-refractivity contribution < 1.29 is 22.8 Å². The summed E-state index contributed by atoms with van der Waals surface area (Å²) in [5.41, 5.74) is -0.0508. The van der Waals surface area contributed by atoms with Crippen molar-refractivity contribution in [1.29, 1.82) is 0 Å². The number of likely N-dealkylation sites (tertiary alicyclic amines) is 1. The van der Waals surface area contributed by atoms with Crippen LogP contribution in [0.3, 0.4) is 0 Å². The van der Waals surface area contributed by atoms with Crippen LogP contribution in [0.25, 0.3) is 0 Å². The van der Waals surface area contributed by atoms with Crippen molar-refractivity contribution in [2.75, 3.05) is 13.1 Å². The average Bonchev–Trinajstić information content (AvgIpc) is 2.52. The molecule has 1 rings (SSSR count). The van der Waals surface area contributed by atoms with E-state index in [1.165, 1.54) is 0 Å². The van der Waals surface area contributed by atoms with E-state index in [9.17, 15) is 22.8 Å². The van der Waals surface area contributed by atoms with E-state index >= 15 is 0 Å². The molecule has 0 aliphatic carbocycles. The number of hydrogen-bond acceptors (Lipinski definition) is 2. The Hall–Kier alpha value is -1.27. The van der Waals surface area contributed by atoms with Gasteiger partial charge in [-0.15, -0.1) is 0 Å². The maximum absolute atomic E-state index is 12.0. The number of nitrogens with zero attached hydrogens (tertiary/aromatic N) is 1. The Labute approximate surface area is 116 Å². The maximum atomic E-state index is 12.0. The Balaban J connectivity index is 2.40. The number of carbonyl (C=O) groups excluding carboxylic acids is 2. The second-order valence-corrected chi connectivity index (χ2v) is 6.42. The van der Waals surface area contributed by atoms with Crippen LogP contribution in [-0.4, -0.2) is 42.0 Å². The van der Waals surface area contributed by atoms with Crippen molar-refractivity contribution in [3.8, 4) is 0 Å².